The van der Waals surface area contributed by atoms with Crippen LogP contribution < -0.4 is 5.32 Å². The van der Waals surface area contributed by atoms with E-state index in [2.05, 4.69) is 21.4 Å². The van der Waals surface area contributed by atoms with E-state index in [0.717, 1.165) is 22.2 Å². The van der Waals surface area contributed by atoms with Crippen LogP contribution in [0.1, 0.15) is 11.1 Å². The van der Waals surface area contributed by atoms with Crippen LogP contribution in [0.5, 0.6) is 0 Å². The molecule has 0 atom stereocenters. The van der Waals surface area contributed by atoms with Crippen molar-refractivity contribution in [1.29, 1.82) is 5.26 Å². The van der Waals surface area contributed by atoms with Gasteiger partial charge in [0.05, 0.1) is 29.0 Å². The maximum atomic E-state index is 9.26. The van der Waals surface area contributed by atoms with Gasteiger partial charge >= 0.3 is 0 Å². The molecular formula is C16H12N4. The molecule has 2 heterocycles. The molecule has 0 fully saturated rings. The molecule has 0 aliphatic carbocycles. The van der Waals surface area contributed by atoms with Gasteiger partial charge in [-0.2, -0.15) is 5.26 Å². The molecule has 96 valence electrons. The molecule has 1 N–H and O–H groups in total. The number of anilines is 2. The summed E-state index contributed by atoms with van der Waals surface area (Å²) >= 11 is 0. The van der Waals surface area contributed by atoms with Gasteiger partial charge in [0.25, 0.3) is 0 Å². The number of pyridine rings is 2. The van der Waals surface area contributed by atoms with Crippen molar-refractivity contribution in [3.8, 4) is 6.07 Å². The van der Waals surface area contributed by atoms with Gasteiger partial charge < -0.3 is 5.32 Å². The first-order chi connectivity index (χ1) is 9.78. The highest BCUT2D eigenvalue weighted by molar-refractivity contribution is 5.86. The van der Waals surface area contributed by atoms with Crippen LogP contribution in [0.4, 0.5) is 11.5 Å². The van der Waals surface area contributed by atoms with Crippen LogP contribution in [0.25, 0.3) is 10.9 Å². The maximum Gasteiger partial charge on any atom is 0.132 e. The third-order valence-corrected chi connectivity index (χ3v) is 3.14. The van der Waals surface area contributed by atoms with Gasteiger partial charge in [0.1, 0.15) is 5.82 Å². The van der Waals surface area contributed by atoms with Crippen LogP contribution >= 0.6 is 0 Å². The summed E-state index contributed by atoms with van der Waals surface area (Å²) in [6.45, 7) is 2.00. The molecule has 3 rings (SSSR count). The van der Waals surface area contributed by atoms with Crippen molar-refractivity contribution < 1.29 is 0 Å². The molecule has 0 saturated carbocycles. The number of rotatable bonds is 2. The zero-order valence-electron chi connectivity index (χ0n) is 11.0. The average molecular weight is 260 g/mol. The van der Waals surface area contributed by atoms with Crippen molar-refractivity contribution in [2.24, 2.45) is 0 Å². The average Bonchev–Trinajstić information content (AvgIpc) is 2.49. The van der Waals surface area contributed by atoms with E-state index in [-0.39, 0.29) is 0 Å². The van der Waals surface area contributed by atoms with Crippen LogP contribution in [0.3, 0.4) is 0 Å². The van der Waals surface area contributed by atoms with Gasteiger partial charge in [-0.05, 0) is 30.7 Å². The first-order valence-corrected chi connectivity index (χ1v) is 6.25. The lowest BCUT2D eigenvalue weighted by Crippen LogP contribution is -1.98. The van der Waals surface area contributed by atoms with Crippen molar-refractivity contribution in [1.82, 2.24) is 9.97 Å². The van der Waals surface area contributed by atoms with Crippen molar-refractivity contribution in [2.75, 3.05) is 5.32 Å². The summed E-state index contributed by atoms with van der Waals surface area (Å²) in [5.41, 5.74) is 3.38. The third-order valence-electron chi connectivity index (χ3n) is 3.14. The van der Waals surface area contributed by atoms with E-state index < -0.39 is 0 Å². The van der Waals surface area contributed by atoms with Crippen LogP contribution in [-0.4, -0.2) is 9.97 Å². The summed E-state index contributed by atoms with van der Waals surface area (Å²) in [5, 5.41) is 13.3. The molecule has 0 aliphatic heterocycles. The maximum absolute atomic E-state index is 9.26. The van der Waals surface area contributed by atoms with Gasteiger partial charge in [-0.3, -0.25) is 4.98 Å². The standard InChI is InChI=1S/C16H12N4/c1-11-6-7-18-10-15(11)20-16-8-12(9-17)13-4-2-3-5-14(13)19-16/h2-8,10H,1H3,(H,19,20). The predicted octanol–water partition coefficient (Wildman–Crippen LogP) is 3.55. The quantitative estimate of drug-likeness (QED) is 0.765. The fourth-order valence-electron chi connectivity index (χ4n) is 2.06. The van der Waals surface area contributed by atoms with E-state index in [0.29, 0.717) is 11.4 Å². The van der Waals surface area contributed by atoms with Gasteiger partial charge in [-0.1, -0.05) is 18.2 Å². The van der Waals surface area contributed by atoms with E-state index in [1.54, 1.807) is 18.5 Å². The van der Waals surface area contributed by atoms with E-state index in [1.807, 2.05) is 37.3 Å². The minimum absolute atomic E-state index is 0.611. The van der Waals surface area contributed by atoms with Gasteiger partial charge in [-0.15, -0.1) is 0 Å². The molecule has 0 radical (unpaired) electrons. The fraction of sp³-hybridized carbons (Fsp3) is 0.0625. The highest BCUT2D eigenvalue weighted by Crippen LogP contribution is 2.23. The molecule has 3 aromatic rings. The Balaban J connectivity index is 2.09. The lowest BCUT2D eigenvalue weighted by Gasteiger charge is -2.09. The SMILES string of the molecule is Cc1ccncc1Nc1cc(C#N)c2ccccc2n1. The monoisotopic (exact) mass is 260 g/mol. The fourth-order valence-corrected chi connectivity index (χ4v) is 2.06. The molecule has 0 saturated heterocycles. The number of benzene rings is 1. The molecule has 2 aromatic heterocycles. The smallest absolute Gasteiger partial charge is 0.132 e. The Morgan fingerprint density at radius 3 is 2.85 bits per heavy atom. The number of aromatic nitrogens is 2. The Morgan fingerprint density at radius 1 is 1.20 bits per heavy atom. The number of para-hydroxylation sites is 1. The Kier molecular flexibility index (Phi) is 3.02. The molecular weight excluding hydrogens is 248 g/mol. The molecule has 4 nitrogen and oxygen atoms in total. The van der Waals surface area contributed by atoms with Crippen molar-refractivity contribution >= 4 is 22.4 Å². The van der Waals surface area contributed by atoms with E-state index in [9.17, 15) is 5.26 Å². The molecule has 0 unspecified atom stereocenters. The predicted molar refractivity (Wildman–Crippen MR) is 78.7 cm³/mol. The second-order valence-corrected chi connectivity index (χ2v) is 4.50. The van der Waals surface area contributed by atoms with E-state index >= 15 is 0 Å². The Bertz CT molecular complexity index is 818. The topological polar surface area (TPSA) is 61.6 Å². The number of nitrogens with one attached hydrogen (secondary N) is 1. The van der Waals surface area contributed by atoms with Gasteiger partial charge in [0, 0.05) is 11.6 Å². The summed E-state index contributed by atoms with van der Waals surface area (Å²) in [6, 6.07) is 13.5. The zero-order chi connectivity index (χ0) is 13.9. The number of hydrogen-bond donors (Lipinski definition) is 1. The van der Waals surface area contributed by atoms with Crippen LogP contribution in [-0.2, 0) is 0 Å². The first-order valence-electron chi connectivity index (χ1n) is 6.25. The molecule has 0 amide bonds. The second-order valence-electron chi connectivity index (χ2n) is 4.50. The van der Waals surface area contributed by atoms with Crippen molar-refractivity contribution in [3.63, 3.8) is 0 Å². The summed E-state index contributed by atoms with van der Waals surface area (Å²) in [7, 11) is 0. The van der Waals surface area contributed by atoms with Gasteiger partial charge in [0.15, 0.2) is 0 Å². The Hall–Kier alpha value is -2.93. The van der Waals surface area contributed by atoms with Crippen LogP contribution in [0.15, 0.2) is 48.8 Å². The molecule has 4 heteroatoms. The summed E-state index contributed by atoms with van der Waals surface area (Å²) in [6.07, 6.45) is 3.49. The minimum Gasteiger partial charge on any atom is -0.339 e. The van der Waals surface area contributed by atoms with Gasteiger partial charge in [-0.25, -0.2) is 4.98 Å². The highest BCUT2D eigenvalue weighted by Gasteiger charge is 2.06. The Morgan fingerprint density at radius 2 is 2.05 bits per heavy atom. The molecule has 1 aromatic carbocycles. The minimum atomic E-state index is 0.611. The number of nitriles is 1. The second kappa shape index (κ2) is 4.98. The highest BCUT2D eigenvalue weighted by atomic mass is 15.0. The number of hydrogen-bond acceptors (Lipinski definition) is 4. The van der Waals surface area contributed by atoms with Crippen LogP contribution in [0.2, 0.25) is 0 Å². The number of nitrogens with zero attached hydrogens (tertiary/aromatic N) is 3. The number of fused-ring (bicyclic) bond motifs is 1. The zero-order valence-corrected chi connectivity index (χ0v) is 11.0. The lowest BCUT2D eigenvalue weighted by molar-refractivity contribution is 1.26. The largest absolute Gasteiger partial charge is 0.339 e. The lowest BCUT2D eigenvalue weighted by atomic mass is 10.1. The summed E-state index contributed by atoms with van der Waals surface area (Å²) < 4.78 is 0. The van der Waals surface area contributed by atoms with Gasteiger partial charge in [0.2, 0.25) is 0 Å². The molecule has 0 spiro atoms. The molecule has 0 aliphatic rings. The van der Waals surface area contributed by atoms with Crippen LogP contribution in [0, 0.1) is 18.3 Å². The Labute approximate surface area is 116 Å². The van der Waals surface area contributed by atoms with Crippen molar-refractivity contribution in [3.05, 3.63) is 59.9 Å². The third kappa shape index (κ3) is 2.17. The summed E-state index contributed by atoms with van der Waals surface area (Å²) in [5.74, 6) is 0.649. The molecule has 0 bridgehead atoms. The summed E-state index contributed by atoms with van der Waals surface area (Å²) in [4.78, 5) is 8.62. The number of aryl methyl sites for hydroxylation is 1. The van der Waals surface area contributed by atoms with Crippen molar-refractivity contribution in [2.45, 2.75) is 6.92 Å². The van der Waals surface area contributed by atoms with E-state index in [4.69, 9.17) is 0 Å². The molecule has 20 heavy (non-hydrogen) atoms. The normalized spacial score (nSPS) is 10.2. The van der Waals surface area contributed by atoms with E-state index in [1.165, 1.54) is 0 Å². The first kappa shape index (κ1) is 12.1.